The third-order valence-corrected chi connectivity index (χ3v) is 3.82. The van der Waals surface area contributed by atoms with Crippen LogP contribution in [-0.4, -0.2) is 9.97 Å². The van der Waals surface area contributed by atoms with Gasteiger partial charge in [0.1, 0.15) is 5.82 Å². The molecule has 2 aromatic carbocycles. The lowest BCUT2D eigenvalue weighted by molar-refractivity contribution is -0.137. The average Bonchev–Trinajstić information content (AvgIpc) is 2.46. The first-order chi connectivity index (χ1) is 10.7. The third kappa shape index (κ3) is 3.14. The largest absolute Gasteiger partial charge is 0.416 e. The summed E-state index contributed by atoms with van der Waals surface area (Å²) in [6.45, 7) is 1.84. The zero-order valence-electron chi connectivity index (χ0n) is 11.8. The first-order valence-corrected chi connectivity index (χ1v) is 7.42. The SMILES string of the molecule is Cc1ccc2nc(-c3cc(Br)cc(C(F)(F)F)c3)[nH]c(=O)c2c1. The normalized spacial score (nSPS) is 11.9. The Hall–Kier alpha value is -2.15. The van der Waals surface area contributed by atoms with Gasteiger partial charge in [0.05, 0.1) is 16.5 Å². The number of rotatable bonds is 1. The zero-order valence-corrected chi connectivity index (χ0v) is 13.4. The number of halogens is 4. The molecule has 0 fully saturated rings. The minimum Gasteiger partial charge on any atom is -0.306 e. The fraction of sp³-hybridized carbons (Fsp3) is 0.125. The number of hydrogen-bond acceptors (Lipinski definition) is 2. The van der Waals surface area contributed by atoms with Gasteiger partial charge in [-0.25, -0.2) is 4.98 Å². The molecule has 1 N–H and O–H groups in total. The molecule has 0 unspecified atom stereocenters. The van der Waals surface area contributed by atoms with Gasteiger partial charge in [-0.05, 0) is 37.3 Å². The molecule has 3 rings (SSSR count). The molecule has 0 aliphatic heterocycles. The van der Waals surface area contributed by atoms with E-state index in [1.807, 2.05) is 6.92 Å². The number of hydrogen-bond donors (Lipinski definition) is 1. The highest BCUT2D eigenvalue weighted by Gasteiger charge is 2.31. The minimum atomic E-state index is -4.48. The maximum Gasteiger partial charge on any atom is 0.416 e. The number of nitrogens with zero attached hydrogens (tertiary/aromatic N) is 1. The molecule has 0 spiro atoms. The van der Waals surface area contributed by atoms with E-state index < -0.39 is 11.7 Å². The lowest BCUT2D eigenvalue weighted by atomic mass is 10.1. The molecule has 0 bridgehead atoms. The first-order valence-electron chi connectivity index (χ1n) is 6.63. The second kappa shape index (κ2) is 5.49. The Morgan fingerprint density at radius 1 is 1.13 bits per heavy atom. The second-order valence-electron chi connectivity index (χ2n) is 5.16. The minimum absolute atomic E-state index is 0.0955. The highest BCUT2D eigenvalue weighted by molar-refractivity contribution is 9.10. The van der Waals surface area contributed by atoms with E-state index in [0.717, 1.165) is 17.7 Å². The van der Waals surface area contributed by atoms with E-state index in [4.69, 9.17) is 0 Å². The predicted molar refractivity (Wildman–Crippen MR) is 85.2 cm³/mol. The van der Waals surface area contributed by atoms with Crippen LogP contribution in [0.5, 0.6) is 0 Å². The van der Waals surface area contributed by atoms with Gasteiger partial charge in [0.15, 0.2) is 0 Å². The van der Waals surface area contributed by atoms with Gasteiger partial charge in [-0.15, -0.1) is 0 Å². The molecule has 7 heteroatoms. The Kier molecular flexibility index (Phi) is 3.75. The van der Waals surface area contributed by atoms with Crippen molar-refractivity contribution in [3.63, 3.8) is 0 Å². The van der Waals surface area contributed by atoms with Crippen molar-refractivity contribution < 1.29 is 13.2 Å². The van der Waals surface area contributed by atoms with E-state index >= 15 is 0 Å². The molecule has 3 aromatic rings. The lowest BCUT2D eigenvalue weighted by Gasteiger charge is -2.10. The van der Waals surface area contributed by atoms with Gasteiger partial charge in [0.2, 0.25) is 0 Å². The monoisotopic (exact) mass is 382 g/mol. The van der Waals surface area contributed by atoms with Crippen molar-refractivity contribution in [1.82, 2.24) is 9.97 Å². The average molecular weight is 383 g/mol. The number of benzene rings is 2. The van der Waals surface area contributed by atoms with E-state index in [1.165, 1.54) is 6.07 Å². The van der Waals surface area contributed by atoms with Gasteiger partial charge >= 0.3 is 6.18 Å². The maximum atomic E-state index is 12.9. The molecule has 0 saturated heterocycles. The van der Waals surface area contributed by atoms with Crippen LogP contribution in [0.3, 0.4) is 0 Å². The zero-order chi connectivity index (χ0) is 16.8. The molecule has 0 aliphatic rings. The molecule has 118 valence electrons. The van der Waals surface area contributed by atoms with Crippen LogP contribution < -0.4 is 5.56 Å². The van der Waals surface area contributed by atoms with Crippen LogP contribution in [0.25, 0.3) is 22.3 Å². The van der Waals surface area contributed by atoms with Gasteiger partial charge < -0.3 is 4.98 Å². The topological polar surface area (TPSA) is 45.8 Å². The number of H-pyrrole nitrogens is 1. The number of aromatic nitrogens is 2. The fourth-order valence-electron chi connectivity index (χ4n) is 2.28. The van der Waals surface area contributed by atoms with Crippen LogP contribution in [0.1, 0.15) is 11.1 Å². The summed E-state index contributed by atoms with van der Waals surface area (Å²) in [5, 5.41) is 0.403. The van der Waals surface area contributed by atoms with Crippen molar-refractivity contribution in [3.05, 3.63) is 62.4 Å². The van der Waals surface area contributed by atoms with Crippen molar-refractivity contribution in [2.24, 2.45) is 0 Å². The molecule has 0 saturated carbocycles. The van der Waals surface area contributed by atoms with E-state index in [-0.39, 0.29) is 21.4 Å². The fourth-order valence-corrected chi connectivity index (χ4v) is 2.77. The van der Waals surface area contributed by atoms with E-state index in [9.17, 15) is 18.0 Å². The first kappa shape index (κ1) is 15.7. The van der Waals surface area contributed by atoms with Crippen LogP contribution >= 0.6 is 15.9 Å². The Bertz CT molecular complexity index is 964. The molecule has 3 nitrogen and oxygen atoms in total. The summed E-state index contributed by atoms with van der Waals surface area (Å²) in [7, 11) is 0. The summed E-state index contributed by atoms with van der Waals surface area (Å²) in [5.41, 5.74) is 0.323. The number of nitrogens with one attached hydrogen (secondary N) is 1. The highest BCUT2D eigenvalue weighted by atomic mass is 79.9. The molecular weight excluding hydrogens is 373 g/mol. The van der Waals surface area contributed by atoms with E-state index in [1.54, 1.807) is 18.2 Å². The molecule has 0 radical (unpaired) electrons. The number of fused-ring (bicyclic) bond motifs is 1. The Labute approximate surface area is 137 Å². The summed E-state index contributed by atoms with van der Waals surface area (Å²) < 4.78 is 39.0. The highest BCUT2D eigenvalue weighted by Crippen LogP contribution is 2.34. The molecule has 0 atom stereocenters. The summed E-state index contributed by atoms with van der Waals surface area (Å²) in [6, 6.07) is 8.57. The van der Waals surface area contributed by atoms with Crippen molar-refractivity contribution in [2.75, 3.05) is 0 Å². The third-order valence-electron chi connectivity index (χ3n) is 3.36. The summed E-state index contributed by atoms with van der Waals surface area (Å²) >= 11 is 3.06. The Morgan fingerprint density at radius 3 is 2.57 bits per heavy atom. The molecule has 0 aliphatic carbocycles. The van der Waals surface area contributed by atoms with Crippen LogP contribution in [0.2, 0.25) is 0 Å². The molecule has 23 heavy (non-hydrogen) atoms. The van der Waals surface area contributed by atoms with Crippen molar-refractivity contribution in [3.8, 4) is 11.4 Å². The molecule has 0 amide bonds. The second-order valence-corrected chi connectivity index (χ2v) is 6.08. The van der Waals surface area contributed by atoms with Crippen LogP contribution in [0.4, 0.5) is 13.2 Å². The van der Waals surface area contributed by atoms with Gasteiger partial charge in [0.25, 0.3) is 5.56 Å². The van der Waals surface area contributed by atoms with E-state index in [2.05, 4.69) is 25.9 Å². The summed E-state index contributed by atoms with van der Waals surface area (Å²) in [6.07, 6.45) is -4.48. The number of aromatic amines is 1. The predicted octanol–water partition coefficient (Wildman–Crippen LogP) is 4.68. The maximum absolute atomic E-state index is 12.9. The summed E-state index contributed by atoms with van der Waals surface area (Å²) in [4.78, 5) is 19.0. The molecule has 1 aromatic heterocycles. The van der Waals surface area contributed by atoms with Gasteiger partial charge in [-0.3, -0.25) is 4.79 Å². The Balaban J connectivity index is 2.23. The van der Waals surface area contributed by atoms with Crippen molar-refractivity contribution in [1.29, 1.82) is 0 Å². The standard InChI is InChI=1S/C16H10BrF3N2O/c1-8-2-3-13-12(4-8)15(23)22-14(21-13)9-5-10(16(18,19)20)7-11(17)6-9/h2-7H,1H3,(H,21,22,23). The molecule has 1 heterocycles. The smallest absolute Gasteiger partial charge is 0.306 e. The van der Waals surface area contributed by atoms with Crippen molar-refractivity contribution in [2.45, 2.75) is 13.1 Å². The van der Waals surface area contributed by atoms with Crippen molar-refractivity contribution >= 4 is 26.8 Å². The van der Waals surface area contributed by atoms with Gasteiger partial charge in [-0.1, -0.05) is 27.6 Å². The quantitative estimate of drug-likeness (QED) is 0.663. The van der Waals surface area contributed by atoms with Crippen LogP contribution in [0.15, 0.2) is 45.7 Å². The van der Waals surface area contributed by atoms with Crippen LogP contribution in [0, 0.1) is 6.92 Å². The van der Waals surface area contributed by atoms with Gasteiger partial charge in [-0.2, -0.15) is 13.2 Å². The summed E-state index contributed by atoms with van der Waals surface area (Å²) in [5.74, 6) is 0.0955. The number of aryl methyl sites for hydroxylation is 1. The lowest BCUT2D eigenvalue weighted by Crippen LogP contribution is -2.10. The van der Waals surface area contributed by atoms with E-state index in [0.29, 0.717) is 10.9 Å². The van der Waals surface area contributed by atoms with Crippen LogP contribution in [-0.2, 0) is 6.18 Å². The number of alkyl halides is 3. The Morgan fingerprint density at radius 2 is 1.87 bits per heavy atom. The van der Waals surface area contributed by atoms with Gasteiger partial charge in [0, 0.05) is 10.0 Å². The molecular formula is C16H10BrF3N2O.